The second kappa shape index (κ2) is 12.1. The summed E-state index contributed by atoms with van der Waals surface area (Å²) in [6.07, 6.45) is -11.7. The van der Waals surface area contributed by atoms with Gasteiger partial charge in [-0.3, -0.25) is 9.69 Å². The molecule has 5 nitrogen and oxygen atoms in total. The van der Waals surface area contributed by atoms with Crippen molar-refractivity contribution in [3.05, 3.63) is 101 Å². The molecule has 0 spiro atoms. The zero-order chi connectivity index (χ0) is 35.6. The van der Waals surface area contributed by atoms with Crippen LogP contribution in [0.4, 0.5) is 35.1 Å². The molecule has 0 bridgehead atoms. The molecule has 2 aliphatic heterocycles. The van der Waals surface area contributed by atoms with Gasteiger partial charge >= 0.3 is 18.0 Å². The third-order valence-corrected chi connectivity index (χ3v) is 13.1. The highest BCUT2D eigenvalue weighted by Gasteiger charge is 2.74. The van der Waals surface area contributed by atoms with Crippen molar-refractivity contribution in [3.8, 4) is 0 Å². The molecule has 1 unspecified atom stereocenters. The molecule has 49 heavy (non-hydrogen) atoms. The minimum atomic E-state index is -6.35. The minimum Gasteiger partial charge on any atom is -0.337 e. The summed E-state index contributed by atoms with van der Waals surface area (Å²) in [6.45, 7) is 2.70. The van der Waals surface area contributed by atoms with Crippen LogP contribution in [0.25, 0.3) is 0 Å². The van der Waals surface area contributed by atoms with Crippen LogP contribution in [-0.2, 0) is 38.0 Å². The van der Waals surface area contributed by atoms with Crippen molar-refractivity contribution in [2.75, 3.05) is 13.1 Å². The lowest BCUT2D eigenvalue weighted by Gasteiger charge is -2.48. The van der Waals surface area contributed by atoms with Crippen LogP contribution in [-0.4, -0.2) is 61.1 Å². The Hall–Kier alpha value is -3.52. The number of rotatable bonds is 8. The fraction of sp³-hybridized carbons (Fsp3) is 0.457. The third-order valence-electron chi connectivity index (χ3n) is 10.6. The van der Waals surface area contributed by atoms with E-state index in [1.165, 1.54) is 0 Å². The minimum absolute atomic E-state index is 0.0500. The summed E-state index contributed by atoms with van der Waals surface area (Å²) >= 11 is 0. The second-order valence-electron chi connectivity index (χ2n) is 13.1. The number of alkyl halides is 7. The predicted molar refractivity (Wildman–Crippen MR) is 164 cm³/mol. The van der Waals surface area contributed by atoms with E-state index in [0.717, 1.165) is 35.9 Å². The van der Waals surface area contributed by atoms with Gasteiger partial charge in [0.15, 0.2) is 9.84 Å². The van der Waals surface area contributed by atoms with E-state index >= 15 is 4.39 Å². The molecule has 0 saturated carbocycles. The van der Waals surface area contributed by atoms with Crippen LogP contribution >= 0.6 is 0 Å². The molecular formula is C35H34F8N2O3S. The van der Waals surface area contributed by atoms with Crippen molar-refractivity contribution < 1.29 is 48.3 Å². The Morgan fingerprint density at radius 3 is 2.12 bits per heavy atom. The molecule has 0 aromatic heterocycles. The Morgan fingerprint density at radius 1 is 0.857 bits per heavy atom. The lowest BCUT2D eigenvalue weighted by molar-refractivity contribution is -0.348. The van der Waals surface area contributed by atoms with Gasteiger partial charge in [-0.05, 0) is 73.1 Å². The first-order valence-electron chi connectivity index (χ1n) is 16.0. The van der Waals surface area contributed by atoms with Crippen LogP contribution < -0.4 is 0 Å². The topological polar surface area (TPSA) is 57.7 Å². The van der Waals surface area contributed by atoms with Crippen LogP contribution in [0.3, 0.4) is 0 Å². The van der Waals surface area contributed by atoms with Crippen molar-refractivity contribution in [2.24, 2.45) is 0 Å². The van der Waals surface area contributed by atoms with E-state index in [1.54, 1.807) is 4.90 Å². The van der Waals surface area contributed by atoms with E-state index in [0.29, 0.717) is 44.5 Å². The Balaban J connectivity index is 1.50. The van der Waals surface area contributed by atoms with Crippen molar-refractivity contribution in [3.63, 3.8) is 0 Å². The number of amides is 1. The van der Waals surface area contributed by atoms with Gasteiger partial charge in [0.25, 0.3) is 0 Å². The largest absolute Gasteiger partial charge is 0.435 e. The summed E-state index contributed by atoms with van der Waals surface area (Å²) < 4.78 is 139. The molecule has 2 heterocycles. The lowest BCUT2D eigenvalue weighted by atomic mass is 9.76. The maximum absolute atomic E-state index is 15.2. The zero-order valence-corrected chi connectivity index (χ0v) is 27.2. The third kappa shape index (κ3) is 5.26. The Kier molecular flexibility index (Phi) is 8.70. The van der Waals surface area contributed by atoms with Crippen LogP contribution in [0.15, 0.2) is 77.7 Å². The van der Waals surface area contributed by atoms with Gasteiger partial charge in [-0.1, -0.05) is 61.9 Å². The summed E-state index contributed by atoms with van der Waals surface area (Å²) in [4.78, 5) is 17.7. The van der Waals surface area contributed by atoms with Gasteiger partial charge in [-0.15, -0.1) is 0 Å². The lowest BCUT2D eigenvalue weighted by Crippen LogP contribution is -2.60. The van der Waals surface area contributed by atoms with Gasteiger partial charge in [-0.25, -0.2) is 17.2 Å². The first-order valence-corrected chi connectivity index (χ1v) is 17.5. The van der Waals surface area contributed by atoms with Crippen molar-refractivity contribution in [1.29, 1.82) is 0 Å². The van der Waals surface area contributed by atoms with E-state index in [-0.39, 0.29) is 47.7 Å². The number of aryl methyl sites for hydroxylation is 1. The smallest absolute Gasteiger partial charge is 0.337 e. The summed E-state index contributed by atoms with van der Waals surface area (Å²) in [5.41, 5.74) is -7.82. The molecule has 3 aromatic carbocycles. The molecule has 2 saturated heterocycles. The molecule has 0 radical (unpaired) electrons. The number of nitrogens with zero attached hydrogens (tertiary/aromatic N) is 2. The van der Waals surface area contributed by atoms with E-state index < -0.39 is 55.6 Å². The van der Waals surface area contributed by atoms with Crippen molar-refractivity contribution >= 4 is 15.7 Å². The maximum Gasteiger partial charge on any atom is 0.435 e. The first kappa shape index (κ1) is 35.3. The number of fused-ring (bicyclic) bond motifs is 3. The second-order valence-corrected chi connectivity index (χ2v) is 15.3. The molecular weight excluding hydrogens is 680 g/mol. The summed E-state index contributed by atoms with van der Waals surface area (Å²) in [6, 6.07) is 14.1. The number of likely N-dealkylation sites (tertiary alicyclic amines) is 2. The van der Waals surface area contributed by atoms with Gasteiger partial charge in [0.2, 0.25) is 5.91 Å². The molecule has 0 N–H and O–H groups in total. The standard InChI is InChI=1S/C35H34F8N2O3S/c1-2-16-31(17-19-44(30(31)46)22-23-6-4-3-5-7-23)45-20-18-32(49(47,48)27-12-10-26(36)11-13-27)28-14-9-25(21-24(28)8-15-29(32)45)33(37,34(38,39)40)35(41,42)43/h3-7,9-14,21,29H,2,8,15-20,22H2,1H3/t29-,31?,32-/m1/s1. The monoisotopic (exact) mass is 714 g/mol. The Labute approximate surface area is 278 Å². The number of hydrogen-bond donors (Lipinski definition) is 0. The fourth-order valence-electron chi connectivity index (χ4n) is 8.40. The molecule has 3 aromatic rings. The van der Waals surface area contributed by atoms with Crippen LogP contribution in [0.1, 0.15) is 61.3 Å². The van der Waals surface area contributed by atoms with Crippen molar-refractivity contribution in [1.82, 2.24) is 9.80 Å². The molecule has 3 atom stereocenters. The van der Waals surface area contributed by atoms with Crippen LogP contribution in [0, 0.1) is 5.82 Å². The maximum atomic E-state index is 15.2. The molecule has 14 heteroatoms. The number of carbonyl (C=O) groups excluding carboxylic acids is 1. The highest BCUT2D eigenvalue weighted by molar-refractivity contribution is 7.92. The number of hydrogen-bond acceptors (Lipinski definition) is 4. The summed E-state index contributed by atoms with van der Waals surface area (Å²) in [5.74, 6) is -0.905. The summed E-state index contributed by atoms with van der Waals surface area (Å²) in [7, 11) is -4.55. The zero-order valence-electron chi connectivity index (χ0n) is 26.4. The number of sulfone groups is 1. The van der Waals surface area contributed by atoms with Gasteiger partial charge in [0.05, 0.1) is 4.90 Å². The highest BCUT2D eigenvalue weighted by Crippen LogP contribution is 2.58. The van der Waals surface area contributed by atoms with Crippen LogP contribution in [0.5, 0.6) is 0 Å². The first-order chi connectivity index (χ1) is 22.9. The Bertz CT molecular complexity index is 1820. The van der Waals surface area contributed by atoms with Gasteiger partial charge in [0, 0.05) is 31.2 Å². The van der Waals surface area contributed by atoms with Crippen LogP contribution in [0.2, 0.25) is 0 Å². The van der Waals surface area contributed by atoms with E-state index in [9.17, 15) is 43.9 Å². The highest BCUT2D eigenvalue weighted by atomic mass is 32.2. The number of carbonyl (C=O) groups is 1. The van der Waals surface area contributed by atoms with E-state index in [2.05, 4.69) is 0 Å². The molecule has 3 aliphatic rings. The molecule has 264 valence electrons. The number of benzene rings is 3. The quantitative estimate of drug-likeness (QED) is 0.177. The van der Waals surface area contributed by atoms with Gasteiger partial charge < -0.3 is 4.90 Å². The predicted octanol–water partition coefficient (Wildman–Crippen LogP) is 7.78. The Morgan fingerprint density at radius 2 is 1.51 bits per heavy atom. The molecule has 2 fully saturated rings. The van der Waals surface area contributed by atoms with Crippen molar-refractivity contribution in [2.45, 2.75) is 91.2 Å². The number of halogens is 8. The average molecular weight is 715 g/mol. The summed E-state index contributed by atoms with van der Waals surface area (Å²) in [5, 5.41) is 0. The van der Waals surface area contributed by atoms with E-state index in [4.69, 9.17) is 0 Å². The van der Waals surface area contributed by atoms with Gasteiger partial charge in [-0.2, -0.15) is 26.3 Å². The fourth-order valence-corrected chi connectivity index (χ4v) is 10.8. The SMILES string of the molecule is CCCC1(N2CC[C@@]3(S(=O)(=O)c4ccc(F)cc4)c4ccc(C(F)(C(F)(F)F)C(F)(F)F)cc4CC[C@@H]23)CCN(Cc2ccccc2)C1=O. The normalized spacial score (nSPS) is 25.0. The molecule has 1 aliphatic carbocycles. The molecule has 1 amide bonds. The van der Waals surface area contributed by atoms with Gasteiger partial charge in [0.1, 0.15) is 16.1 Å². The average Bonchev–Trinajstić information content (AvgIpc) is 3.60. The van der Waals surface area contributed by atoms with E-state index in [1.807, 2.05) is 42.2 Å². The molecule has 6 rings (SSSR count).